The molecule has 7 heteroatoms. The summed E-state index contributed by atoms with van der Waals surface area (Å²) in [7, 11) is 0. The molecule has 21 heavy (non-hydrogen) atoms. The zero-order chi connectivity index (χ0) is 15.2. The van der Waals surface area contributed by atoms with Gasteiger partial charge in [0.15, 0.2) is 0 Å². The third kappa shape index (κ3) is 4.86. The van der Waals surface area contributed by atoms with E-state index >= 15 is 0 Å². The molecule has 0 aromatic heterocycles. The minimum Gasteiger partial charge on any atom is -0.396 e. The standard InChI is InChI=1S/C14H18F2N2O2S/c15-13(16)21-12-5-3-11(4-6-12)17-14(20)18-7-1-2-10(8-18)9-19/h3-6,10,13,19H,1-2,7-9H2,(H,17,20). The molecule has 1 heterocycles. The highest BCUT2D eigenvalue weighted by Crippen LogP contribution is 2.26. The van der Waals surface area contributed by atoms with Gasteiger partial charge in [-0.2, -0.15) is 8.78 Å². The number of aliphatic hydroxyl groups is 1. The van der Waals surface area contributed by atoms with Gasteiger partial charge in [-0.1, -0.05) is 11.8 Å². The summed E-state index contributed by atoms with van der Waals surface area (Å²) >= 11 is 0.473. The second kappa shape index (κ2) is 7.61. The van der Waals surface area contributed by atoms with Crippen LogP contribution < -0.4 is 5.32 Å². The molecule has 2 amide bonds. The monoisotopic (exact) mass is 316 g/mol. The Morgan fingerprint density at radius 2 is 2.14 bits per heavy atom. The Labute approximate surface area is 126 Å². The van der Waals surface area contributed by atoms with E-state index in [2.05, 4.69) is 5.32 Å². The molecule has 1 aliphatic rings. The SMILES string of the molecule is O=C(Nc1ccc(SC(F)F)cc1)N1CCCC(CO)C1. The van der Waals surface area contributed by atoms with E-state index in [-0.39, 0.29) is 18.6 Å². The molecule has 0 saturated carbocycles. The van der Waals surface area contributed by atoms with Crippen LogP contribution in [0.4, 0.5) is 19.3 Å². The molecule has 1 atom stereocenters. The molecular formula is C14H18F2N2O2S. The minimum atomic E-state index is -2.45. The minimum absolute atomic E-state index is 0.0866. The Balaban J connectivity index is 1.90. The number of nitrogens with one attached hydrogen (secondary N) is 1. The number of rotatable bonds is 4. The quantitative estimate of drug-likeness (QED) is 0.839. The molecule has 1 fully saturated rings. The molecule has 2 rings (SSSR count). The predicted octanol–water partition coefficient (Wildman–Crippen LogP) is 3.24. The van der Waals surface area contributed by atoms with Crippen LogP contribution in [0.3, 0.4) is 0 Å². The number of halogens is 2. The maximum absolute atomic E-state index is 12.2. The molecule has 1 aromatic rings. The zero-order valence-corrected chi connectivity index (χ0v) is 12.3. The van der Waals surface area contributed by atoms with Crippen molar-refractivity contribution in [2.75, 3.05) is 25.0 Å². The molecule has 116 valence electrons. The van der Waals surface area contributed by atoms with Gasteiger partial charge in [-0.15, -0.1) is 0 Å². The molecule has 1 saturated heterocycles. The van der Waals surface area contributed by atoms with Crippen LogP contribution in [0.2, 0.25) is 0 Å². The summed E-state index contributed by atoms with van der Waals surface area (Å²) in [5, 5.41) is 11.9. The van der Waals surface area contributed by atoms with Crippen LogP contribution in [0.25, 0.3) is 0 Å². The lowest BCUT2D eigenvalue weighted by Gasteiger charge is -2.31. The Kier molecular flexibility index (Phi) is 5.81. The number of benzene rings is 1. The summed E-state index contributed by atoms with van der Waals surface area (Å²) in [4.78, 5) is 14.2. The highest BCUT2D eigenvalue weighted by molar-refractivity contribution is 7.99. The summed E-state index contributed by atoms with van der Waals surface area (Å²) in [6.45, 7) is 1.30. The number of hydrogen-bond acceptors (Lipinski definition) is 3. The molecule has 0 aliphatic carbocycles. The number of urea groups is 1. The van der Waals surface area contributed by atoms with E-state index in [9.17, 15) is 13.6 Å². The fourth-order valence-corrected chi connectivity index (χ4v) is 2.82. The lowest BCUT2D eigenvalue weighted by Crippen LogP contribution is -2.43. The van der Waals surface area contributed by atoms with Gasteiger partial charge in [-0.05, 0) is 43.0 Å². The average molecular weight is 316 g/mol. The Bertz CT molecular complexity index is 471. The summed E-state index contributed by atoms with van der Waals surface area (Å²) in [6, 6.07) is 6.10. The van der Waals surface area contributed by atoms with Gasteiger partial charge >= 0.3 is 6.03 Å². The van der Waals surface area contributed by atoms with Gasteiger partial charge in [0, 0.05) is 30.3 Å². The number of alkyl halides is 2. The Morgan fingerprint density at radius 1 is 1.43 bits per heavy atom. The van der Waals surface area contributed by atoms with E-state index in [1.165, 1.54) is 0 Å². The fraction of sp³-hybridized carbons (Fsp3) is 0.500. The van der Waals surface area contributed by atoms with Gasteiger partial charge in [0.1, 0.15) is 0 Å². The van der Waals surface area contributed by atoms with Crippen molar-refractivity contribution in [2.24, 2.45) is 5.92 Å². The second-order valence-electron chi connectivity index (χ2n) is 4.97. The highest BCUT2D eigenvalue weighted by atomic mass is 32.2. The molecule has 0 bridgehead atoms. The fourth-order valence-electron chi connectivity index (χ4n) is 2.32. The van der Waals surface area contributed by atoms with Gasteiger partial charge in [-0.25, -0.2) is 4.79 Å². The number of amides is 2. The van der Waals surface area contributed by atoms with Gasteiger partial charge in [-0.3, -0.25) is 0 Å². The molecule has 0 spiro atoms. The van der Waals surface area contributed by atoms with Crippen LogP contribution in [-0.2, 0) is 0 Å². The molecule has 2 N–H and O–H groups in total. The largest absolute Gasteiger partial charge is 0.396 e. The molecule has 1 aromatic carbocycles. The van der Waals surface area contributed by atoms with Gasteiger partial charge in [0.25, 0.3) is 5.76 Å². The number of carbonyl (C=O) groups excluding carboxylic acids is 1. The molecule has 1 unspecified atom stereocenters. The highest BCUT2D eigenvalue weighted by Gasteiger charge is 2.23. The molecule has 4 nitrogen and oxygen atoms in total. The Morgan fingerprint density at radius 3 is 2.76 bits per heavy atom. The van der Waals surface area contributed by atoms with Crippen LogP contribution in [0, 0.1) is 5.92 Å². The van der Waals surface area contributed by atoms with E-state index in [4.69, 9.17) is 5.11 Å². The maximum Gasteiger partial charge on any atom is 0.321 e. The van der Waals surface area contributed by atoms with E-state index in [0.29, 0.717) is 35.4 Å². The van der Waals surface area contributed by atoms with Crippen molar-refractivity contribution in [3.8, 4) is 0 Å². The van der Waals surface area contributed by atoms with Crippen molar-refractivity contribution in [1.82, 2.24) is 4.90 Å². The number of nitrogens with zero attached hydrogens (tertiary/aromatic N) is 1. The first-order valence-electron chi connectivity index (χ1n) is 6.80. The third-order valence-corrected chi connectivity index (χ3v) is 4.12. The number of piperidine rings is 1. The van der Waals surface area contributed by atoms with Crippen LogP contribution in [-0.4, -0.2) is 41.5 Å². The van der Waals surface area contributed by atoms with Crippen molar-refractivity contribution in [1.29, 1.82) is 0 Å². The van der Waals surface area contributed by atoms with Gasteiger partial charge < -0.3 is 15.3 Å². The summed E-state index contributed by atoms with van der Waals surface area (Å²) < 4.78 is 24.4. The topological polar surface area (TPSA) is 52.6 Å². The molecule has 0 radical (unpaired) electrons. The lowest BCUT2D eigenvalue weighted by atomic mass is 9.99. The first-order chi connectivity index (χ1) is 10.1. The average Bonchev–Trinajstić information content (AvgIpc) is 2.49. The first kappa shape index (κ1) is 16.0. The van der Waals surface area contributed by atoms with Gasteiger partial charge in [0.05, 0.1) is 0 Å². The van der Waals surface area contributed by atoms with Crippen LogP contribution in [0.15, 0.2) is 29.2 Å². The number of thioether (sulfide) groups is 1. The third-order valence-electron chi connectivity index (χ3n) is 3.40. The van der Waals surface area contributed by atoms with Crippen LogP contribution in [0.1, 0.15) is 12.8 Å². The van der Waals surface area contributed by atoms with Gasteiger partial charge in [0.2, 0.25) is 0 Å². The predicted molar refractivity (Wildman–Crippen MR) is 78.7 cm³/mol. The smallest absolute Gasteiger partial charge is 0.321 e. The normalized spacial score (nSPS) is 18.9. The molecule has 1 aliphatic heterocycles. The zero-order valence-electron chi connectivity index (χ0n) is 11.5. The lowest BCUT2D eigenvalue weighted by molar-refractivity contribution is 0.136. The van der Waals surface area contributed by atoms with E-state index in [1.54, 1.807) is 29.2 Å². The van der Waals surface area contributed by atoms with E-state index in [0.717, 1.165) is 12.8 Å². The van der Waals surface area contributed by atoms with Crippen molar-refractivity contribution in [3.63, 3.8) is 0 Å². The number of aliphatic hydroxyl groups excluding tert-OH is 1. The van der Waals surface area contributed by atoms with E-state index < -0.39 is 5.76 Å². The van der Waals surface area contributed by atoms with Crippen molar-refractivity contribution < 1.29 is 18.7 Å². The maximum atomic E-state index is 12.2. The van der Waals surface area contributed by atoms with E-state index in [1.807, 2.05) is 0 Å². The first-order valence-corrected chi connectivity index (χ1v) is 7.68. The number of anilines is 1. The number of hydrogen-bond donors (Lipinski definition) is 2. The number of likely N-dealkylation sites (tertiary alicyclic amines) is 1. The summed E-state index contributed by atoms with van der Waals surface area (Å²) in [5.41, 5.74) is 0.574. The molecular weight excluding hydrogens is 298 g/mol. The number of carbonyl (C=O) groups is 1. The summed E-state index contributed by atoms with van der Waals surface area (Å²) in [6.07, 6.45) is 1.81. The Hall–Kier alpha value is -1.34. The van der Waals surface area contributed by atoms with Crippen LogP contribution in [0.5, 0.6) is 0 Å². The van der Waals surface area contributed by atoms with Crippen molar-refractivity contribution >= 4 is 23.5 Å². The van der Waals surface area contributed by atoms with Crippen molar-refractivity contribution in [2.45, 2.75) is 23.5 Å². The summed E-state index contributed by atoms with van der Waals surface area (Å²) in [5.74, 6) is -2.32. The van der Waals surface area contributed by atoms with Crippen molar-refractivity contribution in [3.05, 3.63) is 24.3 Å². The van der Waals surface area contributed by atoms with Crippen LogP contribution >= 0.6 is 11.8 Å². The second-order valence-corrected chi connectivity index (χ2v) is 6.03.